The Labute approximate surface area is 158 Å². The molecule has 1 aliphatic rings. The van der Waals surface area contributed by atoms with Crippen LogP contribution in [0.2, 0.25) is 0 Å². The second-order valence-electron chi connectivity index (χ2n) is 6.04. The molecule has 0 atom stereocenters. The molecule has 0 radical (unpaired) electrons. The quantitative estimate of drug-likeness (QED) is 0.822. The molecule has 146 valence electrons. The number of benzene rings is 1. The summed E-state index contributed by atoms with van der Waals surface area (Å²) in [6, 6.07) is 2.43. The van der Waals surface area contributed by atoms with Gasteiger partial charge < -0.3 is 4.90 Å². The summed E-state index contributed by atoms with van der Waals surface area (Å²) in [7, 11) is -4.21. The summed E-state index contributed by atoms with van der Waals surface area (Å²) in [5, 5.41) is 0.934. The number of piperidine rings is 1. The van der Waals surface area contributed by atoms with Crippen molar-refractivity contribution in [2.45, 2.75) is 30.5 Å². The largest absolute Gasteiger partial charge is 0.416 e. The topological polar surface area (TPSA) is 79.4 Å². The van der Waals surface area contributed by atoms with E-state index in [0.717, 1.165) is 42.7 Å². The van der Waals surface area contributed by atoms with Crippen molar-refractivity contribution in [2.24, 2.45) is 0 Å². The maximum atomic E-state index is 13.1. The molecule has 11 heteroatoms. The van der Waals surface area contributed by atoms with Crippen LogP contribution in [0.25, 0.3) is 0 Å². The third-order valence-corrected chi connectivity index (χ3v) is 6.15. The van der Waals surface area contributed by atoms with Gasteiger partial charge in [-0.25, -0.2) is 4.98 Å². The summed E-state index contributed by atoms with van der Waals surface area (Å²) in [4.78, 5) is 17.9. The molecular weight excluding hydrogens is 403 g/mol. The fourth-order valence-corrected chi connectivity index (χ4v) is 4.70. The first-order valence-corrected chi connectivity index (χ1v) is 10.5. The lowest BCUT2D eigenvalue weighted by Crippen LogP contribution is -2.36. The normalized spacial score (nSPS) is 15.6. The molecule has 1 amide bonds. The van der Waals surface area contributed by atoms with Crippen LogP contribution in [-0.4, -0.2) is 37.3 Å². The molecule has 1 saturated heterocycles. The van der Waals surface area contributed by atoms with Crippen LogP contribution >= 0.6 is 11.3 Å². The van der Waals surface area contributed by atoms with Gasteiger partial charge in [-0.15, -0.1) is 11.3 Å². The van der Waals surface area contributed by atoms with Crippen molar-refractivity contribution in [3.8, 4) is 0 Å². The van der Waals surface area contributed by atoms with Crippen LogP contribution in [0.3, 0.4) is 0 Å². The van der Waals surface area contributed by atoms with Gasteiger partial charge in [0, 0.05) is 18.5 Å². The van der Waals surface area contributed by atoms with E-state index in [1.807, 2.05) is 0 Å². The van der Waals surface area contributed by atoms with Crippen LogP contribution in [0.15, 0.2) is 34.1 Å². The van der Waals surface area contributed by atoms with Crippen LogP contribution in [-0.2, 0) is 16.2 Å². The first kappa shape index (κ1) is 19.6. The number of carbonyl (C=O) groups is 1. The number of amides is 1. The van der Waals surface area contributed by atoms with E-state index in [9.17, 15) is 26.4 Å². The minimum atomic E-state index is -4.67. The summed E-state index contributed by atoms with van der Waals surface area (Å²) in [5.74, 6) is -0.501. The molecule has 1 N–H and O–H groups in total. The molecule has 1 aliphatic heterocycles. The Hall–Kier alpha value is -2.14. The molecular formula is C16H16F3N3O3S2. The van der Waals surface area contributed by atoms with Crippen LogP contribution in [0.4, 0.5) is 18.9 Å². The second kappa shape index (κ2) is 7.47. The summed E-state index contributed by atoms with van der Waals surface area (Å²) in [5.41, 5.74) is -0.286. The highest BCUT2D eigenvalue weighted by atomic mass is 32.2. The van der Waals surface area contributed by atoms with Gasteiger partial charge in [-0.05, 0) is 37.5 Å². The zero-order valence-corrected chi connectivity index (χ0v) is 15.6. The van der Waals surface area contributed by atoms with E-state index in [-0.39, 0.29) is 10.6 Å². The van der Waals surface area contributed by atoms with Gasteiger partial charge in [0.2, 0.25) is 0 Å². The van der Waals surface area contributed by atoms with Crippen molar-refractivity contribution in [3.63, 3.8) is 0 Å². The lowest BCUT2D eigenvalue weighted by atomic mass is 10.1. The van der Waals surface area contributed by atoms with Gasteiger partial charge in [-0.1, -0.05) is 0 Å². The Morgan fingerprint density at radius 2 is 1.89 bits per heavy atom. The van der Waals surface area contributed by atoms with Crippen molar-refractivity contribution < 1.29 is 26.4 Å². The van der Waals surface area contributed by atoms with Crippen molar-refractivity contribution in [3.05, 3.63) is 40.2 Å². The molecule has 0 spiro atoms. The number of alkyl halides is 3. The van der Waals surface area contributed by atoms with E-state index in [4.69, 9.17) is 0 Å². The maximum Gasteiger partial charge on any atom is 0.416 e. The zero-order chi connectivity index (χ0) is 19.7. The predicted molar refractivity (Wildman–Crippen MR) is 94.1 cm³/mol. The monoisotopic (exact) mass is 419 g/mol. The molecule has 6 nitrogen and oxygen atoms in total. The molecule has 2 heterocycles. The number of aromatic nitrogens is 1. The molecule has 2 aromatic rings. The van der Waals surface area contributed by atoms with E-state index in [2.05, 4.69) is 9.71 Å². The first-order valence-electron chi connectivity index (χ1n) is 8.10. The number of anilines is 1. The molecule has 0 bridgehead atoms. The minimum absolute atomic E-state index is 0.122. The molecule has 0 saturated carbocycles. The van der Waals surface area contributed by atoms with Gasteiger partial charge in [0.1, 0.15) is 0 Å². The Bertz CT molecular complexity index is 922. The number of thiazole rings is 1. The van der Waals surface area contributed by atoms with Gasteiger partial charge in [0.05, 0.1) is 22.3 Å². The molecule has 1 aromatic carbocycles. The second-order valence-corrected chi connectivity index (χ2v) is 8.39. The third-order valence-electron chi connectivity index (χ3n) is 4.15. The number of likely N-dealkylation sites (tertiary alicyclic amines) is 1. The summed E-state index contributed by atoms with van der Waals surface area (Å²) in [6.45, 7) is 0.969. The van der Waals surface area contributed by atoms with Gasteiger partial charge in [0.25, 0.3) is 15.9 Å². The summed E-state index contributed by atoms with van der Waals surface area (Å²) >= 11 is 1.03. The van der Waals surface area contributed by atoms with E-state index < -0.39 is 33.4 Å². The number of sulfonamides is 1. The van der Waals surface area contributed by atoms with Crippen molar-refractivity contribution in [1.29, 1.82) is 0 Å². The van der Waals surface area contributed by atoms with Crippen molar-refractivity contribution in [2.75, 3.05) is 17.8 Å². The number of halogens is 3. The summed E-state index contributed by atoms with van der Waals surface area (Å²) in [6.07, 6.45) is -2.11. The van der Waals surface area contributed by atoms with Gasteiger partial charge >= 0.3 is 6.18 Å². The molecule has 1 fully saturated rings. The predicted octanol–water partition coefficient (Wildman–Crippen LogP) is 3.59. The first-order chi connectivity index (χ1) is 12.7. The number of nitrogens with zero attached hydrogens (tertiary/aromatic N) is 2. The van der Waals surface area contributed by atoms with Crippen LogP contribution < -0.4 is 4.72 Å². The van der Waals surface area contributed by atoms with E-state index in [1.54, 1.807) is 0 Å². The smallest absolute Gasteiger partial charge is 0.339 e. The van der Waals surface area contributed by atoms with Gasteiger partial charge in [-0.2, -0.15) is 21.6 Å². The number of rotatable bonds is 4. The Morgan fingerprint density at radius 3 is 2.48 bits per heavy atom. The average molecular weight is 419 g/mol. The van der Waals surface area contributed by atoms with Crippen molar-refractivity contribution >= 4 is 33.0 Å². The zero-order valence-electron chi connectivity index (χ0n) is 14.0. The van der Waals surface area contributed by atoms with E-state index >= 15 is 0 Å². The fraction of sp³-hybridized carbons (Fsp3) is 0.375. The number of hydrogen-bond donors (Lipinski definition) is 1. The van der Waals surface area contributed by atoms with Crippen LogP contribution in [0.1, 0.15) is 35.2 Å². The Morgan fingerprint density at radius 1 is 1.19 bits per heavy atom. The van der Waals surface area contributed by atoms with E-state index in [1.165, 1.54) is 15.8 Å². The maximum absolute atomic E-state index is 13.1. The number of hydrogen-bond acceptors (Lipinski definition) is 5. The molecule has 1 aromatic heterocycles. The van der Waals surface area contributed by atoms with Gasteiger partial charge in [-0.3, -0.25) is 9.52 Å². The highest BCUT2D eigenvalue weighted by Gasteiger charge is 2.33. The van der Waals surface area contributed by atoms with Crippen molar-refractivity contribution in [1.82, 2.24) is 9.88 Å². The summed E-state index contributed by atoms with van der Waals surface area (Å²) < 4.78 is 66.1. The highest BCUT2D eigenvalue weighted by Crippen LogP contribution is 2.33. The lowest BCUT2D eigenvalue weighted by Gasteiger charge is -2.27. The Balaban J connectivity index is 2.01. The Kier molecular flexibility index (Phi) is 5.43. The van der Waals surface area contributed by atoms with Gasteiger partial charge in [0.15, 0.2) is 5.03 Å². The third kappa shape index (κ3) is 4.41. The number of nitrogens with one attached hydrogen (secondary N) is 1. The lowest BCUT2D eigenvalue weighted by molar-refractivity contribution is -0.137. The molecule has 0 aliphatic carbocycles. The van der Waals surface area contributed by atoms with Crippen LogP contribution in [0.5, 0.6) is 0 Å². The standard InChI is InChI=1S/C16H16F3N3O3S2/c17-16(18,19)11-4-5-12(15(23)22-6-2-1-3-7-22)13(8-11)21-27(24,25)14-9-26-10-20-14/h4-5,8-10,21H,1-3,6-7H2. The SMILES string of the molecule is O=C(c1ccc(C(F)(F)F)cc1NS(=O)(=O)c1cscn1)N1CCCCC1. The molecule has 27 heavy (non-hydrogen) atoms. The van der Waals surface area contributed by atoms with E-state index in [0.29, 0.717) is 19.2 Å². The van der Waals surface area contributed by atoms with Crippen LogP contribution in [0, 0.1) is 0 Å². The molecule has 3 rings (SSSR count). The average Bonchev–Trinajstić information content (AvgIpc) is 3.16. The fourth-order valence-electron chi connectivity index (χ4n) is 2.79. The minimum Gasteiger partial charge on any atom is -0.339 e. The molecule has 0 unspecified atom stereocenters. The number of carbonyl (C=O) groups excluding carboxylic acids is 1. The highest BCUT2D eigenvalue weighted by molar-refractivity contribution is 7.92.